The first kappa shape index (κ1) is 21.9. The van der Waals surface area contributed by atoms with E-state index in [1.165, 1.54) is 9.80 Å². The highest BCUT2D eigenvalue weighted by Crippen LogP contribution is 2.20. The van der Waals surface area contributed by atoms with Crippen LogP contribution in [0, 0.1) is 6.92 Å². The van der Waals surface area contributed by atoms with Gasteiger partial charge in [-0.05, 0) is 18.9 Å². The van der Waals surface area contributed by atoms with E-state index in [0.29, 0.717) is 44.2 Å². The van der Waals surface area contributed by atoms with Crippen LogP contribution in [0.4, 0.5) is 4.79 Å². The molecule has 10 nitrogen and oxygen atoms in total. The topological polar surface area (TPSA) is 103 Å². The summed E-state index contributed by atoms with van der Waals surface area (Å²) in [5.41, 5.74) is 2.05. The normalized spacial score (nSPS) is 17.5. The molecule has 4 amide bonds. The summed E-state index contributed by atoms with van der Waals surface area (Å²) in [4.78, 5) is 47.4. The molecule has 170 valence electrons. The molecule has 0 unspecified atom stereocenters. The van der Waals surface area contributed by atoms with Gasteiger partial charge >= 0.3 is 6.03 Å². The van der Waals surface area contributed by atoms with Crippen LogP contribution in [0.5, 0.6) is 0 Å². The quantitative estimate of drug-likeness (QED) is 0.599. The van der Waals surface area contributed by atoms with Crippen LogP contribution in [-0.2, 0) is 16.1 Å². The van der Waals surface area contributed by atoms with Crippen molar-refractivity contribution < 1.29 is 18.9 Å². The molecular weight excluding hydrogens is 412 g/mol. The van der Waals surface area contributed by atoms with Crippen molar-refractivity contribution in [2.75, 3.05) is 46.3 Å². The molecule has 0 atom stereocenters. The van der Waals surface area contributed by atoms with E-state index in [2.05, 4.69) is 15.0 Å². The Morgan fingerprint density at radius 1 is 1.12 bits per heavy atom. The fourth-order valence-corrected chi connectivity index (χ4v) is 4.03. The zero-order valence-electron chi connectivity index (χ0n) is 18.5. The molecule has 2 aliphatic heterocycles. The third kappa shape index (κ3) is 4.80. The Bertz CT molecular complexity index is 998. The summed E-state index contributed by atoms with van der Waals surface area (Å²) in [6, 6.07) is 7.63. The molecular formula is C22H28N6O4. The van der Waals surface area contributed by atoms with Crippen LogP contribution in [0.1, 0.15) is 24.3 Å². The number of nitrogens with zero attached hydrogens (tertiary/aromatic N) is 6. The van der Waals surface area contributed by atoms with Crippen molar-refractivity contribution in [1.82, 2.24) is 29.7 Å². The second kappa shape index (κ2) is 9.47. The molecule has 32 heavy (non-hydrogen) atoms. The van der Waals surface area contributed by atoms with E-state index in [4.69, 9.17) is 4.52 Å². The van der Waals surface area contributed by atoms with Crippen molar-refractivity contribution in [1.29, 1.82) is 0 Å². The number of amides is 4. The van der Waals surface area contributed by atoms with E-state index in [1.54, 1.807) is 7.05 Å². The summed E-state index contributed by atoms with van der Waals surface area (Å²) < 4.78 is 5.43. The monoisotopic (exact) mass is 440 g/mol. The Labute approximate surface area is 186 Å². The van der Waals surface area contributed by atoms with Crippen LogP contribution in [0.2, 0.25) is 0 Å². The molecule has 0 N–H and O–H groups in total. The first-order valence-electron chi connectivity index (χ1n) is 10.9. The molecule has 2 fully saturated rings. The van der Waals surface area contributed by atoms with Crippen LogP contribution in [0.15, 0.2) is 28.8 Å². The molecule has 1 aromatic carbocycles. The van der Waals surface area contributed by atoms with Crippen LogP contribution in [0.25, 0.3) is 11.4 Å². The molecule has 10 heteroatoms. The molecule has 0 radical (unpaired) electrons. The van der Waals surface area contributed by atoms with Gasteiger partial charge in [0.15, 0.2) is 0 Å². The molecule has 0 bridgehead atoms. The third-order valence-electron chi connectivity index (χ3n) is 5.94. The Hall–Kier alpha value is -3.27. The van der Waals surface area contributed by atoms with Crippen molar-refractivity contribution in [3.63, 3.8) is 0 Å². The summed E-state index contributed by atoms with van der Waals surface area (Å²) >= 11 is 0. The van der Waals surface area contributed by atoms with Gasteiger partial charge < -0.3 is 14.3 Å². The van der Waals surface area contributed by atoms with E-state index in [0.717, 1.165) is 24.2 Å². The predicted octanol–water partition coefficient (Wildman–Crippen LogP) is 1.36. The van der Waals surface area contributed by atoms with Crippen molar-refractivity contribution >= 4 is 17.8 Å². The maximum Gasteiger partial charge on any atom is 0.326 e. The number of urea groups is 1. The molecule has 0 aliphatic carbocycles. The lowest BCUT2D eigenvalue weighted by atomic mass is 10.1. The second-order valence-electron chi connectivity index (χ2n) is 8.27. The highest BCUT2D eigenvalue weighted by Gasteiger charge is 2.33. The van der Waals surface area contributed by atoms with Crippen molar-refractivity contribution in [3.05, 3.63) is 35.7 Å². The number of benzene rings is 1. The lowest BCUT2D eigenvalue weighted by molar-refractivity contribution is -0.133. The smallest absolute Gasteiger partial charge is 0.326 e. The van der Waals surface area contributed by atoms with Crippen LogP contribution < -0.4 is 0 Å². The molecule has 2 saturated heterocycles. The lowest BCUT2D eigenvalue weighted by Gasteiger charge is -2.34. The van der Waals surface area contributed by atoms with E-state index in [-0.39, 0.29) is 30.9 Å². The first-order valence-corrected chi connectivity index (χ1v) is 10.9. The second-order valence-corrected chi connectivity index (χ2v) is 8.27. The highest BCUT2D eigenvalue weighted by atomic mass is 16.5. The Morgan fingerprint density at radius 2 is 1.88 bits per heavy atom. The average molecular weight is 441 g/mol. The zero-order valence-corrected chi connectivity index (χ0v) is 18.5. The molecule has 0 saturated carbocycles. The van der Waals surface area contributed by atoms with Gasteiger partial charge in [0.25, 0.3) is 0 Å². The van der Waals surface area contributed by atoms with Gasteiger partial charge in [-0.15, -0.1) is 0 Å². The van der Waals surface area contributed by atoms with E-state index < -0.39 is 0 Å². The summed E-state index contributed by atoms with van der Waals surface area (Å²) in [6.45, 7) is 5.66. The van der Waals surface area contributed by atoms with Gasteiger partial charge in [-0.2, -0.15) is 4.98 Å². The number of rotatable bonds is 7. The Morgan fingerprint density at radius 3 is 2.56 bits per heavy atom. The SMILES string of the molecule is Cc1ccccc1-c1noc(CN2CCN(C(=O)CCCN3C(=O)CN(C)C3=O)CC2)n1. The number of aromatic nitrogens is 2. The van der Waals surface area contributed by atoms with E-state index in [1.807, 2.05) is 36.1 Å². The number of piperazine rings is 1. The van der Waals surface area contributed by atoms with Crippen molar-refractivity contribution in [2.24, 2.45) is 0 Å². The summed E-state index contributed by atoms with van der Waals surface area (Å²) in [5.74, 6) is 1.00. The molecule has 2 aliphatic rings. The largest absolute Gasteiger partial charge is 0.340 e. The van der Waals surface area contributed by atoms with Gasteiger partial charge in [0, 0.05) is 51.8 Å². The van der Waals surface area contributed by atoms with E-state index in [9.17, 15) is 14.4 Å². The number of carbonyl (C=O) groups excluding carboxylic acids is 3. The fourth-order valence-electron chi connectivity index (χ4n) is 4.03. The van der Waals surface area contributed by atoms with Crippen molar-refractivity contribution in [2.45, 2.75) is 26.3 Å². The number of likely N-dealkylation sites (N-methyl/N-ethyl adjacent to an activating group) is 1. The van der Waals surface area contributed by atoms with Gasteiger partial charge in [-0.1, -0.05) is 29.4 Å². The minimum absolute atomic E-state index is 0.0525. The number of hydrogen-bond donors (Lipinski definition) is 0. The maximum atomic E-state index is 12.5. The first-order chi connectivity index (χ1) is 15.4. The highest BCUT2D eigenvalue weighted by molar-refractivity contribution is 6.01. The van der Waals surface area contributed by atoms with Gasteiger partial charge in [0.1, 0.15) is 6.54 Å². The fraction of sp³-hybridized carbons (Fsp3) is 0.500. The number of hydrogen-bond acceptors (Lipinski definition) is 7. The lowest BCUT2D eigenvalue weighted by Crippen LogP contribution is -2.48. The standard InChI is InChI=1S/C22H28N6O4/c1-16-6-3-4-7-17(16)21-23-18(32-24-21)14-26-10-12-27(13-11-26)19(29)8-5-9-28-20(30)15-25(2)22(28)31/h3-4,6-7H,5,8-15H2,1-2H3. The number of imide groups is 1. The maximum absolute atomic E-state index is 12.5. The van der Waals surface area contributed by atoms with Crippen LogP contribution in [0.3, 0.4) is 0 Å². The minimum Gasteiger partial charge on any atom is -0.340 e. The molecule has 3 heterocycles. The summed E-state index contributed by atoms with van der Waals surface area (Å²) in [6.07, 6.45) is 0.804. The van der Waals surface area contributed by atoms with Gasteiger partial charge in [0.2, 0.25) is 23.5 Å². The molecule has 4 rings (SSSR count). The third-order valence-corrected chi connectivity index (χ3v) is 5.94. The van der Waals surface area contributed by atoms with E-state index >= 15 is 0 Å². The van der Waals surface area contributed by atoms with Gasteiger partial charge in [0.05, 0.1) is 6.54 Å². The van der Waals surface area contributed by atoms with Crippen molar-refractivity contribution in [3.8, 4) is 11.4 Å². The summed E-state index contributed by atoms with van der Waals surface area (Å²) in [7, 11) is 1.60. The molecule has 2 aromatic rings. The van der Waals surface area contributed by atoms with Gasteiger partial charge in [-0.25, -0.2) is 4.79 Å². The zero-order chi connectivity index (χ0) is 22.7. The minimum atomic E-state index is -0.289. The Balaban J connectivity index is 1.21. The number of aryl methyl sites for hydroxylation is 1. The average Bonchev–Trinajstić information content (AvgIpc) is 3.33. The predicted molar refractivity (Wildman–Crippen MR) is 115 cm³/mol. The number of carbonyl (C=O) groups is 3. The Kier molecular flexibility index (Phi) is 6.50. The molecule has 0 spiro atoms. The molecule has 1 aromatic heterocycles. The van der Waals surface area contributed by atoms with Crippen LogP contribution >= 0.6 is 0 Å². The van der Waals surface area contributed by atoms with Gasteiger partial charge in [-0.3, -0.25) is 19.4 Å². The summed E-state index contributed by atoms with van der Waals surface area (Å²) in [5, 5.41) is 4.11. The van der Waals surface area contributed by atoms with Crippen LogP contribution in [-0.4, -0.2) is 93.9 Å².